The van der Waals surface area contributed by atoms with Gasteiger partial charge in [0, 0.05) is 23.3 Å². The Balaban J connectivity index is 2.19. The van der Waals surface area contributed by atoms with Gasteiger partial charge in [0.1, 0.15) is 18.0 Å². The van der Waals surface area contributed by atoms with Crippen molar-refractivity contribution in [3.8, 4) is 0 Å². The van der Waals surface area contributed by atoms with Gasteiger partial charge in [0.2, 0.25) is 0 Å². The van der Waals surface area contributed by atoms with Crippen molar-refractivity contribution in [1.29, 1.82) is 0 Å². The first-order chi connectivity index (χ1) is 10.2. The first kappa shape index (κ1) is 13.3. The van der Waals surface area contributed by atoms with E-state index in [1.165, 1.54) is 18.5 Å². The van der Waals surface area contributed by atoms with E-state index in [9.17, 15) is 4.39 Å². The Morgan fingerprint density at radius 3 is 2.76 bits per heavy atom. The number of hydrogen-bond acceptors (Lipinski definition) is 4. The van der Waals surface area contributed by atoms with Gasteiger partial charge in [-0.05, 0) is 43.3 Å². The lowest BCUT2D eigenvalue weighted by Crippen LogP contribution is -2.18. The van der Waals surface area contributed by atoms with E-state index in [1.54, 1.807) is 12.1 Å². The maximum atomic E-state index is 13.5. The Bertz CT molecular complexity index is 788. The van der Waals surface area contributed by atoms with Crippen LogP contribution in [0.15, 0.2) is 48.8 Å². The molecule has 5 heteroatoms. The number of nitrogens with zero attached hydrogens (tertiary/aromatic N) is 3. The fourth-order valence-corrected chi connectivity index (χ4v) is 2.37. The molecule has 0 saturated carbocycles. The number of nitrogen functional groups attached to an aromatic ring is 1. The first-order valence-corrected chi connectivity index (χ1v) is 6.72. The number of halogens is 1. The van der Waals surface area contributed by atoms with Gasteiger partial charge in [-0.15, -0.1) is 0 Å². The highest BCUT2D eigenvalue weighted by Gasteiger charge is 2.13. The van der Waals surface area contributed by atoms with E-state index in [-0.39, 0.29) is 5.82 Å². The fraction of sp³-hybridized carbons (Fsp3) is 0.125. The van der Waals surface area contributed by atoms with E-state index in [2.05, 4.69) is 9.97 Å². The van der Waals surface area contributed by atoms with E-state index in [0.29, 0.717) is 12.2 Å². The van der Waals surface area contributed by atoms with Gasteiger partial charge < -0.3 is 10.6 Å². The van der Waals surface area contributed by atoms with Crippen LogP contribution in [0.1, 0.15) is 6.92 Å². The predicted octanol–water partition coefficient (Wildman–Crippen LogP) is 3.51. The molecule has 4 nitrogen and oxygen atoms in total. The van der Waals surface area contributed by atoms with Crippen molar-refractivity contribution in [3.63, 3.8) is 0 Å². The fourth-order valence-electron chi connectivity index (χ4n) is 2.37. The van der Waals surface area contributed by atoms with Crippen LogP contribution in [0.25, 0.3) is 10.9 Å². The summed E-state index contributed by atoms with van der Waals surface area (Å²) in [6.07, 6.45) is 1.51. The Hall–Kier alpha value is -2.69. The predicted molar refractivity (Wildman–Crippen MR) is 83.0 cm³/mol. The molecule has 0 aliphatic carbocycles. The lowest BCUT2D eigenvalue weighted by molar-refractivity contribution is 0.627. The van der Waals surface area contributed by atoms with E-state index < -0.39 is 0 Å². The van der Waals surface area contributed by atoms with Gasteiger partial charge in [0.15, 0.2) is 0 Å². The molecule has 0 saturated heterocycles. The number of nitrogens with two attached hydrogens (primary N) is 1. The molecule has 1 heterocycles. The van der Waals surface area contributed by atoms with Crippen LogP contribution in [0.5, 0.6) is 0 Å². The highest BCUT2D eigenvalue weighted by atomic mass is 19.1. The molecular formula is C16H15FN4. The molecule has 0 bridgehead atoms. The summed E-state index contributed by atoms with van der Waals surface area (Å²) in [5.74, 6) is 0.448. The number of fused-ring (bicyclic) bond motifs is 1. The summed E-state index contributed by atoms with van der Waals surface area (Å²) in [7, 11) is 0. The van der Waals surface area contributed by atoms with Gasteiger partial charge in [-0.25, -0.2) is 14.4 Å². The SMILES string of the molecule is CCN(c1cccc(F)c1)c1ncnc2ccc(N)cc12. The minimum Gasteiger partial charge on any atom is -0.399 e. The molecule has 0 amide bonds. The number of anilines is 3. The van der Waals surface area contributed by atoms with E-state index >= 15 is 0 Å². The molecule has 2 aromatic carbocycles. The molecule has 3 aromatic rings. The lowest BCUT2D eigenvalue weighted by Gasteiger charge is -2.23. The molecule has 3 rings (SSSR count). The average Bonchev–Trinajstić information content (AvgIpc) is 2.48. The van der Waals surface area contributed by atoms with Crippen LogP contribution in [-0.2, 0) is 0 Å². The Morgan fingerprint density at radius 2 is 2.00 bits per heavy atom. The summed E-state index contributed by atoms with van der Waals surface area (Å²) < 4.78 is 13.5. The number of rotatable bonds is 3. The maximum absolute atomic E-state index is 13.5. The van der Waals surface area contributed by atoms with Crippen LogP contribution in [0, 0.1) is 5.82 Å². The van der Waals surface area contributed by atoms with Crippen LogP contribution in [0.4, 0.5) is 21.6 Å². The summed E-state index contributed by atoms with van der Waals surface area (Å²) in [5.41, 5.74) is 8.07. The summed E-state index contributed by atoms with van der Waals surface area (Å²) in [6, 6.07) is 12.0. The largest absolute Gasteiger partial charge is 0.399 e. The van der Waals surface area contributed by atoms with Crippen LogP contribution in [0.2, 0.25) is 0 Å². The third kappa shape index (κ3) is 2.50. The Kier molecular flexibility index (Phi) is 3.39. The van der Waals surface area contributed by atoms with E-state index in [1.807, 2.05) is 30.0 Å². The Morgan fingerprint density at radius 1 is 1.14 bits per heavy atom. The summed E-state index contributed by atoms with van der Waals surface area (Å²) in [6.45, 7) is 2.65. The van der Waals surface area contributed by atoms with E-state index in [0.717, 1.165) is 22.4 Å². The highest BCUT2D eigenvalue weighted by Crippen LogP contribution is 2.30. The molecule has 2 N–H and O–H groups in total. The van der Waals surface area contributed by atoms with Gasteiger partial charge >= 0.3 is 0 Å². The van der Waals surface area contributed by atoms with Crippen molar-refractivity contribution >= 4 is 28.1 Å². The molecular weight excluding hydrogens is 267 g/mol. The zero-order valence-corrected chi connectivity index (χ0v) is 11.6. The minimum atomic E-state index is -0.274. The topological polar surface area (TPSA) is 55.0 Å². The second-order valence-electron chi connectivity index (χ2n) is 4.70. The highest BCUT2D eigenvalue weighted by molar-refractivity contribution is 5.93. The molecule has 0 aliphatic heterocycles. The van der Waals surface area contributed by atoms with Crippen LogP contribution in [0.3, 0.4) is 0 Å². The van der Waals surface area contributed by atoms with Gasteiger partial charge in [-0.1, -0.05) is 6.07 Å². The second-order valence-corrected chi connectivity index (χ2v) is 4.70. The van der Waals surface area contributed by atoms with Crippen LogP contribution < -0.4 is 10.6 Å². The number of benzene rings is 2. The summed E-state index contributed by atoms with van der Waals surface area (Å²) in [5, 5.41) is 0.851. The molecule has 0 radical (unpaired) electrons. The van der Waals surface area contributed by atoms with Crippen molar-refractivity contribution in [2.45, 2.75) is 6.92 Å². The van der Waals surface area contributed by atoms with Gasteiger partial charge in [-0.2, -0.15) is 0 Å². The van der Waals surface area contributed by atoms with Crippen molar-refractivity contribution < 1.29 is 4.39 Å². The zero-order chi connectivity index (χ0) is 14.8. The minimum absolute atomic E-state index is 0.274. The summed E-state index contributed by atoms with van der Waals surface area (Å²) >= 11 is 0. The molecule has 0 atom stereocenters. The number of hydrogen-bond donors (Lipinski definition) is 1. The van der Waals surface area contributed by atoms with Crippen molar-refractivity contribution in [2.75, 3.05) is 17.2 Å². The third-order valence-corrected chi connectivity index (χ3v) is 3.33. The molecule has 21 heavy (non-hydrogen) atoms. The lowest BCUT2D eigenvalue weighted by atomic mass is 10.2. The van der Waals surface area contributed by atoms with Crippen molar-refractivity contribution in [3.05, 3.63) is 54.6 Å². The quantitative estimate of drug-likeness (QED) is 0.747. The standard InChI is InChI=1S/C16H15FN4/c1-2-21(13-5-3-4-11(17)8-13)16-14-9-12(18)6-7-15(14)19-10-20-16/h3-10H,2,18H2,1H3. The van der Waals surface area contributed by atoms with Crippen LogP contribution >= 0.6 is 0 Å². The average molecular weight is 282 g/mol. The summed E-state index contributed by atoms with van der Waals surface area (Å²) in [4.78, 5) is 10.5. The monoisotopic (exact) mass is 282 g/mol. The normalized spacial score (nSPS) is 10.8. The van der Waals surface area contributed by atoms with Gasteiger partial charge in [0.05, 0.1) is 5.52 Å². The molecule has 0 aliphatic rings. The second kappa shape index (κ2) is 5.36. The van der Waals surface area contributed by atoms with E-state index in [4.69, 9.17) is 5.73 Å². The first-order valence-electron chi connectivity index (χ1n) is 6.72. The maximum Gasteiger partial charge on any atom is 0.144 e. The molecule has 1 aromatic heterocycles. The molecule has 106 valence electrons. The van der Waals surface area contributed by atoms with Crippen LogP contribution in [-0.4, -0.2) is 16.5 Å². The third-order valence-electron chi connectivity index (χ3n) is 3.33. The zero-order valence-electron chi connectivity index (χ0n) is 11.6. The Labute approximate surface area is 122 Å². The van der Waals surface area contributed by atoms with Gasteiger partial charge in [-0.3, -0.25) is 0 Å². The molecule has 0 spiro atoms. The number of aromatic nitrogens is 2. The van der Waals surface area contributed by atoms with Crippen molar-refractivity contribution in [1.82, 2.24) is 9.97 Å². The van der Waals surface area contributed by atoms with Gasteiger partial charge in [0.25, 0.3) is 0 Å². The smallest absolute Gasteiger partial charge is 0.144 e. The molecule has 0 unspecified atom stereocenters. The van der Waals surface area contributed by atoms with Crippen molar-refractivity contribution in [2.24, 2.45) is 0 Å². The molecule has 0 fully saturated rings.